The number of rotatable bonds is 2. The van der Waals surface area contributed by atoms with Crippen molar-refractivity contribution in [2.24, 2.45) is 0 Å². The van der Waals surface area contributed by atoms with Crippen molar-refractivity contribution in [1.29, 1.82) is 0 Å². The van der Waals surface area contributed by atoms with Crippen LogP contribution in [0.15, 0.2) is 30.3 Å². The van der Waals surface area contributed by atoms with Gasteiger partial charge in [-0.15, -0.1) is 0 Å². The Morgan fingerprint density at radius 1 is 1.41 bits per heavy atom. The van der Waals surface area contributed by atoms with Crippen LogP contribution in [0.2, 0.25) is 0 Å². The highest BCUT2D eigenvalue weighted by atomic mass is 16.2. The van der Waals surface area contributed by atoms with Crippen molar-refractivity contribution in [3.8, 4) is 0 Å². The van der Waals surface area contributed by atoms with E-state index in [-0.39, 0.29) is 5.91 Å². The number of benzene rings is 1. The van der Waals surface area contributed by atoms with Crippen molar-refractivity contribution >= 4 is 5.91 Å². The van der Waals surface area contributed by atoms with E-state index in [2.05, 4.69) is 29.6 Å². The summed E-state index contributed by atoms with van der Waals surface area (Å²) in [5.41, 5.74) is 1.33. The van der Waals surface area contributed by atoms with Crippen molar-refractivity contribution in [2.45, 2.75) is 25.8 Å². The lowest BCUT2D eigenvalue weighted by Crippen LogP contribution is -2.40. The average Bonchev–Trinajstić information content (AvgIpc) is 2.56. The van der Waals surface area contributed by atoms with Gasteiger partial charge in [0.05, 0.1) is 0 Å². The van der Waals surface area contributed by atoms with E-state index in [1.165, 1.54) is 5.56 Å². The van der Waals surface area contributed by atoms with Crippen LogP contribution in [0.5, 0.6) is 0 Å². The first-order chi connectivity index (χ1) is 8.25. The molecule has 0 aliphatic carbocycles. The molecular weight excluding hydrogens is 212 g/mol. The Labute approximate surface area is 103 Å². The molecule has 1 aromatic carbocycles. The molecule has 3 heteroatoms. The highest BCUT2D eigenvalue weighted by molar-refractivity contribution is 5.73. The second-order valence-electron chi connectivity index (χ2n) is 4.66. The van der Waals surface area contributed by atoms with Gasteiger partial charge in [0.15, 0.2) is 0 Å². The quantitative estimate of drug-likeness (QED) is 0.837. The molecule has 3 nitrogen and oxygen atoms in total. The first kappa shape index (κ1) is 12.1. The van der Waals surface area contributed by atoms with Crippen LogP contribution in [-0.2, 0) is 11.2 Å². The predicted octanol–water partition coefficient (Wildman–Crippen LogP) is 1.44. The third-order valence-electron chi connectivity index (χ3n) is 3.25. The van der Waals surface area contributed by atoms with Crippen molar-refractivity contribution in [3.05, 3.63) is 35.9 Å². The van der Waals surface area contributed by atoms with Gasteiger partial charge in [0.1, 0.15) is 0 Å². The van der Waals surface area contributed by atoms with Gasteiger partial charge in [-0.3, -0.25) is 4.79 Å². The fourth-order valence-corrected chi connectivity index (χ4v) is 2.32. The van der Waals surface area contributed by atoms with Crippen LogP contribution in [0.25, 0.3) is 0 Å². The molecule has 1 N–H and O–H groups in total. The van der Waals surface area contributed by atoms with Gasteiger partial charge in [-0.2, -0.15) is 0 Å². The van der Waals surface area contributed by atoms with Crippen LogP contribution in [0.3, 0.4) is 0 Å². The first-order valence-corrected chi connectivity index (χ1v) is 6.28. The van der Waals surface area contributed by atoms with E-state index in [1.54, 1.807) is 6.92 Å². The van der Waals surface area contributed by atoms with Crippen LogP contribution < -0.4 is 5.32 Å². The van der Waals surface area contributed by atoms with Crippen molar-refractivity contribution < 1.29 is 4.79 Å². The van der Waals surface area contributed by atoms with E-state index < -0.39 is 0 Å². The molecule has 0 radical (unpaired) electrons. The summed E-state index contributed by atoms with van der Waals surface area (Å²) in [6, 6.07) is 10.8. The zero-order valence-corrected chi connectivity index (χ0v) is 10.4. The molecule has 0 spiro atoms. The molecule has 1 heterocycles. The molecule has 1 saturated heterocycles. The SMILES string of the molecule is CC(=O)N1CCCNC(Cc2ccccc2)C1. The van der Waals surface area contributed by atoms with Crippen LogP contribution >= 0.6 is 0 Å². The Balaban J connectivity index is 1.97. The summed E-state index contributed by atoms with van der Waals surface area (Å²) in [5.74, 6) is 0.187. The maximum atomic E-state index is 11.4. The van der Waals surface area contributed by atoms with Gasteiger partial charge in [-0.1, -0.05) is 30.3 Å². The number of nitrogens with one attached hydrogen (secondary N) is 1. The highest BCUT2D eigenvalue weighted by Gasteiger charge is 2.19. The van der Waals surface area contributed by atoms with E-state index in [4.69, 9.17) is 0 Å². The van der Waals surface area contributed by atoms with Crippen molar-refractivity contribution in [1.82, 2.24) is 10.2 Å². The third kappa shape index (κ3) is 3.56. The van der Waals surface area contributed by atoms with E-state index in [1.807, 2.05) is 11.0 Å². The lowest BCUT2D eigenvalue weighted by Gasteiger charge is -2.23. The third-order valence-corrected chi connectivity index (χ3v) is 3.25. The fourth-order valence-electron chi connectivity index (χ4n) is 2.32. The van der Waals surface area contributed by atoms with Gasteiger partial charge in [0, 0.05) is 26.1 Å². The number of amides is 1. The Morgan fingerprint density at radius 3 is 2.88 bits per heavy atom. The smallest absolute Gasteiger partial charge is 0.219 e. The molecule has 1 unspecified atom stereocenters. The van der Waals surface area contributed by atoms with E-state index in [9.17, 15) is 4.79 Å². The van der Waals surface area contributed by atoms with E-state index in [0.717, 1.165) is 32.5 Å². The number of carbonyl (C=O) groups excluding carboxylic acids is 1. The predicted molar refractivity (Wildman–Crippen MR) is 68.8 cm³/mol. The second-order valence-corrected chi connectivity index (χ2v) is 4.66. The number of nitrogens with zero attached hydrogens (tertiary/aromatic N) is 1. The maximum absolute atomic E-state index is 11.4. The summed E-state index contributed by atoms with van der Waals surface area (Å²) in [5, 5.41) is 3.52. The monoisotopic (exact) mass is 232 g/mol. The van der Waals surface area contributed by atoms with Crippen LogP contribution in [0, 0.1) is 0 Å². The largest absolute Gasteiger partial charge is 0.341 e. The molecule has 0 aromatic heterocycles. The molecule has 92 valence electrons. The minimum atomic E-state index is 0.187. The molecule has 0 saturated carbocycles. The lowest BCUT2D eigenvalue weighted by molar-refractivity contribution is -0.128. The molecule has 1 atom stereocenters. The topological polar surface area (TPSA) is 32.3 Å². The van der Waals surface area contributed by atoms with Gasteiger partial charge >= 0.3 is 0 Å². The highest BCUT2D eigenvalue weighted by Crippen LogP contribution is 2.08. The van der Waals surface area contributed by atoms with Gasteiger partial charge < -0.3 is 10.2 Å². The maximum Gasteiger partial charge on any atom is 0.219 e. The number of carbonyl (C=O) groups is 1. The molecule has 0 bridgehead atoms. The average molecular weight is 232 g/mol. The number of hydrogen-bond donors (Lipinski definition) is 1. The summed E-state index contributed by atoms with van der Waals surface area (Å²) >= 11 is 0. The zero-order valence-electron chi connectivity index (χ0n) is 10.4. The fraction of sp³-hybridized carbons (Fsp3) is 0.500. The lowest BCUT2D eigenvalue weighted by atomic mass is 10.1. The molecular formula is C14H20N2O. The van der Waals surface area contributed by atoms with Crippen molar-refractivity contribution in [3.63, 3.8) is 0 Å². The standard InChI is InChI=1S/C14H20N2O/c1-12(17)16-9-5-8-15-14(11-16)10-13-6-3-2-4-7-13/h2-4,6-7,14-15H,5,8-11H2,1H3. The zero-order chi connectivity index (χ0) is 12.1. The summed E-state index contributed by atoms with van der Waals surface area (Å²) in [7, 11) is 0. The molecule has 1 amide bonds. The van der Waals surface area contributed by atoms with E-state index in [0.29, 0.717) is 6.04 Å². The molecule has 1 aliphatic heterocycles. The summed E-state index contributed by atoms with van der Waals surface area (Å²) in [6.07, 6.45) is 2.04. The molecule has 17 heavy (non-hydrogen) atoms. The van der Waals surface area contributed by atoms with Crippen molar-refractivity contribution in [2.75, 3.05) is 19.6 Å². The van der Waals surface area contributed by atoms with Gasteiger partial charge in [0.2, 0.25) is 5.91 Å². The van der Waals surface area contributed by atoms with Crippen LogP contribution in [-0.4, -0.2) is 36.5 Å². The Morgan fingerprint density at radius 2 is 2.18 bits per heavy atom. The Bertz CT molecular complexity index is 364. The molecule has 1 aliphatic rings. The second kappa shape index (κ2) is 5.82. The van der Waals surface area contributed by atoms with E-state index >= 15 is 0 Å². The Kier molecular flexibility index (Phi) is 4.15. The molecule has 1 aromatic rings. The van der Waals surface area contributed by atoms with Crippen LogP contribution in [0.1, 0.15) is 18.9 Å². The summed E-state index contributed by atoms with van der Waals surface area (Å²) in [6.45, 7) is 4.37. The molecule has 1 fully saturated rings. The summed E-state index contributed by atoms with van der Waals surface area (Å²) in [4.78, 5) is 13.4. The Hall–Kier alpha value is -1.35. The van der Waals surface area contributed by atoms with Gasteiger partial charge in [-0.25, -0.2) is 0 Å². The minimum Gasteiger partial charge on any atom is -0.341 e. The minimum absolute atomic E-state index is 0.187. The van der Waals surface area contributed by atoms with Gasteiger partial charge in [-0.05, 0) is 24.9 Å². The molecule has 2 rings (SSSR count). The van der Waals surface area contributed by atoms with Crippen LogP contribution in [0.4, 0.5) is 0 Å². The first-order valence-electron chi connectivity index (χ1n) is 6.28. The summed E-state index contributed by atoms with van der Waals surface area (Å²) < 4.78 is 0. The normalized spacial score (nSPS) is 21.0. The van der Waals surface area contributed by atoms with Gasteiger partial charge in [0.25, 0.3) is 0 Å². The number of hydrogen-bond acceptors (Lipinski definition) is 2.